The Kier molecular flexibility index (Phi) is 8.72. The van der Waals surface area contributed by atoms with E-state index < -0.39 is 11.6 Å². The van der Waals surface area contributed by atoms with E-state index in [2.05, 4.69) is 15.6 Å². The second-order valence-electron chi connectivity index (χ2n) is 10.2. The second-order valence-corrected chi connectivity index (χ2v) is 10.2. The summed E-state index contributed by atoms with van der Waals surface area (Å²) < 4.78 is 12.6. The molecule has 0 spiro atoms. The largest absolute Gasteiger partial charge is 0.493 e. The van der Waals surface area contributed by atoms with Gasteiger partial charge in [0, 0.05) is 11.2 Å². The third-order valence-corrected chi connectivity index (χ3v) is 7.18. The van der Waals surface area contributed by atoms with Crippen LogP contribution < -0.4 is 19.7 Å². The average molecular weight is 544 g/mol. The van der Waals surface area contributed by atoms with E-state index >= 15 is 0 Å². The zero-order valence-electron chi connectivity index (χ0n) is 24.0. The van der Waals surface area contributed by atoms with Gasteiger partial charge in [-0.1, -0.05) is 55.5 Å². The number of amides is 2. The molecule has 210 valence electrons. The van der Waals surface area contributed by atoms with Crippen LogP contribution in [0.25, 0.3) is 11.0 Å². The van der Waals surface area contributed by atoms with Crippen LogP contribution in [0.3, 0.4) is 0 Å². The number of carbonyl (C=O) groups excluding carboxylic acids is 2. The molecule has 1 aromatic heterocycles. The predicted octanol–water partition coefficient (Wildman–Crippen LogP) is 5.09. The van der Waals surface area contributed by atoms with Crippen LogP contribution in [-0.4, -0.2) is 46.6 Å². The minimum atomic E-state index is -0.999. The van der Waals surface area contributed by atoms with E-state index in [-0.39, 0.29) is 18.4 Å². The summed E-state index contributed by atoms with van der Waals surface area (Å²) in [6.45, 7) is 7.86. The van der Waals surface area contributed by atoms with Gasteiger partial charge in [-0.2, -0.15) is 0 Å². The number of methoxy groups -OCH3 is 2. The Bertz CT molecular complexity index is 1500. The van der Waals surface area contributed by atoms with E-state index in [0.717, 1.165) is 11.1 Å². The van der Waals surface area contributed by atoms with Crippen LogP contribution >= 0.6 is 0 Å². The van der Waals surface area contributed by atoms with Crippen LogP contribution in [0.5, 0.6) is 11.5 Å². The van der Waals surface area contributed by atoms with E-state index in [1.807, 2.05) is 76.2 Å². The molecule has 1 unspecified atom stereocenters. The maximum atomic E-state index is 14.4. The summed E-state index contributed by atoms with van der Waals surface area (Å²) in [7, 11) is 3.10. The molecule has 9 nitrogen and oxygen atoms in total. The molecular formula is C31H37N5O4. The van der Waals surface area contributed by atoms with Crippen LogP contribution in [-0.2, 0) is 22.6 Å². The predicted molar refractivity (Wildman–Crippen MR) is 156 cm³/mol. The lowest BCUT2D eigenvalue weighted by molar-refractivity contribution is -0.128. The van der Waals surface area contributed by atoms with Gasteiger partial charge in [0.25, 0.3) is 0 Å². The van der Waals surface area contributed by atoms with Crippen LogP contribution in [0.15, 0.2) is 66.7 Å². The zero-order valence-corrected chi connectivity index (χ0v) is 24.0. The number of hydrogen-bond acceptors (Lipinski definition) is 6. The van der Waals surface area contributed by atoms with Gasteiger partial charge in [-0.3, -0.25) is 14.5 Å². The van der Waals surface area contributed by atoms with Crippen molar-refractivity contribution in [2.45, 2.75) is 58.7 Å². The van der Waals surface area contributed by atoms with Crippen molar-refractivity contribution in [3.63, 3.8) is 0 Å². The molecule has 3 aromatic carbocycles. The molecule has 0 aliphatic rings. The van der Waals surface area contributed by atoms with Gasteiger partial charge in [0.2, 0.25) is 11.8 Å². The Morgan fingerprint density at radius 3 is 2.38 bits per heavy atom. The number of benzene rings is 3. The standard InChI is InChI=1S/C31H37N5O4/c1-7-21-13-9-11-15-24(21)36(28(37)20-35-25-16-12-10-14-23(25)33-34-35)29(30(38)32-31(3,4)8-2)22-17-18-26(39-5)27(19-22)40-6/h9-19,29H,7-8,20H2,1-6H3,(H,32,38). The molecular weight excluding hydrogens is 506 g/mol. The van der Waals surface area contributed by atoms with Crippen LogP contribution in [0, 0.1) is 0 Å². The molecule has 0 radical (unpaired) electrons. The Labute approximate surface area is 235 Å². The SMILES string of the molecule is CCc1ccccc1N(C(=O)Cn1nnc2ccccc21)C(C(=O)NC(C)(C)CC)c1ccc(OC)c(OC)c1. The third-order valence-electron chi connectivity index (χ3n) is 7.18. The molecule has 0 fully saturated rings. The quantitative estimate of drug-likeness (QED) is 0.283. The Balaban J connectivity index is 1.90. The van der Waals surface area contributed by atoms with E-state index in [1.165, 1.54) is 0 Å². The summed E-state index contributed by atoms with van der Waals surface area (Å²) in [6, 6.07) is 19.4. The van der Waals surface area contributed by atoms with Crippen molar-refractivity contribution in [1.29, 1.82) is 0 Å². The van der Waals surface area contributed by atoms with Crippen molar-refractivity contribution < 1.29 is 19.1 Å². The smallest absolute Gasteiger partial charge is 0.249 e. The molecule has 0 saturated carbocycles. The topological polar surface area (TPSA) is 98.6 Å². The minimum absolute atomic E-state index is 0.104. The summed E-state index contributed by atoms with van der Waals surface area (Å²) in [4.78, 5) is 30.1. The first-order chi connectivity index (χ1) is 19.2. The molecule has 4 rings (SSSR count). The van der Waals surface area contributed by atoms with E-state index in [0.29, 0.717) is 41.1 Å². The Morgan fingerprint density at radius 1 is 0.975 bits per heavy atom. The maximum Gasteiger partial charge on any atom is 0.249 e. The van der Waals surface area contributed by atoms with Crippen molar-refractivity contribution in [3.8, 4) is 11.5 Å². The first-order valence-corrected chi connectivity index (χ1v) is 13.4. The number of nitrogens with zero attached hydrogens (tertiary/aromatic N) is 4. The average Bonchev–Trinajstić information content (AvgIpc) is 3.37. The number of hydrogen-bond donors (Lipinski definition) is 1. The minimum Gasteiger partial charge on any atom is -0.493 e. The highest BCUT2D eigenvalue weighted by Crippen LogP contribution is 2.36. The van der Waals surface area contributed by atoms with Crippen molar-refractivity contribution in [3.05, 3.63) is 77.9 Å². The van der Waals surface area contributed by atoms with Gasteiger partial charge in [-0.25, -0.2) is 4.68 Å². The van der Waals surface area contributed by atoms with Gasteiger partial charge >= 0.3 is 0 Å². The van der Waals surface area contributed by atoms with Crippen molar-refractivity contribution in [2.24, 2.45) is 0 Å². The highest BCUT2D eigenvalue weighted by Gasteiger charge is 2.36. The zero-order chi connectivity index (χ0) is 28.9. The number of ether oxygens (including phenoxy) is 2. The second kappa shape index (κ2) is 12.2. The van der Waals surface area contributed by atoms with Crippen LogP contribution in [0.4, 0.5) is 5.69 Å². The van der Waals surface area contributed by atoms with Gasteiger partial charge in [-0.05, 0) is 68.1 Å². The molecule has 2 amide bonds. The van der Waals surface area contributed by atoms with Gasteiger partial charge in [0.05, 0.1) is 19.7 Å². The molecule has 40 heavy (non-hydrogen) atoms. The number of para-hydroxylation sites is 2. The molecule has 4 aromatic rings. The van der Waals surface area contributed by atoms with Crippen molar-refractivity contribution >= 4 is 28.5 Å². The molecule has 0 aliphatic carbocycles. The summed E-state index contributed by atoms with van der Waals surface area (Å²) in [5, 5.41) is 11.6. The highest BCUT2D eigenvalue weighted by molar-refractivity contribution is 6.02. The summed E-state index contributed by atoms with van der Waals surface area (Å²) >= 11 is 0. The summed E-state index contributed by atoms with van der Waals surface area (Å²) in [5.74, 6) is 0.383. The monoisotopic (exact) mass is 543 g/mol. The first-order valence-electron chi connectivity index (χ1n) is 13.4. The van der Waals surface area contributed by atoms with Gasteiger partial charge < -0.3 is 14.8 Å². The number of carbonyl (C=O) groups is 2. The van der Waals surface area contributed by atoms with Crippen molar-refractivity contribution in [1.82, 2.24) is 20.3 Å². The lowest BCUT2D eigenvalue weighted by atomic mass is 9.97. The lowest BCUT2D eigenvalue weighted by Gasteiger charge is -2.35. The molecule has 9 heteroatoms. The number of aromatic nitrogens is 3. The molecule has 1 N–H and O–H groups in total. The lowest BCUT2D eigenvalue weighted by Crippen LogP contribution is -2.51. The van der Waals surface area contributed by atoms with E-state index in [1.54, 1.807) is 42.0 Å². The molecule has 1 heterocycles. The fourth-order valence-electron chi connectivity index (χ4n) is 4.63. The number of fused-ring (bicyclic) bond motifs is 1. The van der Waals surface area contributed by atoms with Gasteiger partial charge in [0.15, 0.2) is 11.5 Å². The van der Waals surface area contributed by atoms with Gasteiger partial charge in [0.1, 0.15) is 18.1 Å². The number of nitrogens with one attached hydrogen (secondary N) is 1. The summed E-state index contributed by atoms with van der Waals surface area (Å²) in [5.41, 5.74) is 3.11. The molecule has 1 atom stereocenters. The summed E-state index contributed by atoms with van der Waals surface area (Å²) in [6.07, 6.45) is 1.38. The normalized spacial score (nSPS) is 12.2. The number of aryl methyl sites for hydroxylation is 1. The Hall–Kier alpha value is -4.40. The third kappa shape index (κ3) is 5.93. The highest BCUT2D eigenvalue weighted by atomic mass is 16.5. The van der Waals surface area contributed by atoms with Gasteiger partial charge in [-0.15, -0.1) is 5.10 Å². The van der Waals surface area contributed by atoms with E-state index in [4.69, 9.17) is 9.47 Å². The van der Waals surface area contributed by atoms with Crippen molar-refractivity contribution in [2.75, 3.05) is 19.1 Å². The molecule has 0 saturated heterocycles. The Morgan fingerprint density at radius 2 is 1.68 bits per heavy atom. The number of rotatable bonds is 11. The molecule has 0 bridgehead atoms. The number of anilines is 1. The molecule has 0 aliphatic heterocycles. The fourth-order valence-corrected chi connectivity index (χ4v) is 4.63. The van der Waals surface area contributed by atoms with E-state index in [9.17, 15) is 9.59 Å². The van der Waals surface area contributed by atoms with Crippen LogP contribution in [0.2, 0.25) is 0 Å². The maximum absolute atomic E-state index is 14.4. The fraction of sp³-hybridized carbons (Fsp3) is 0.355. The van der Waals surface area contributed by atoms with Crippen LogP contribution in [0.1, 0.15) is 51.3 Å². The first kappa shape index (κ1) is 28.6.